The van der Waals surface area contributed by atoms with Crippen LogP contribution in [0.25, 0.3) is 10.2 Å². The Kier molecular flexibility index (Phi) is 3.61. The largest absolute Gasteiger partial charge is 0.392 e. The molecule has 1 fully saturated rings. The van der Waals surface area contributed by atoms with Gasteiger partial charge in [-0.25, -0.2) is 4.98 Å². The third-order valence-corrected chi connectivity index (χ3v) is 6.15. The Hall–Kier alpha value is -1.61. The molecular weight excluding hydrogens is 339 g/mol. The van der Waals surface area contributed by atoms with Crippen molar-refractivity contribution in [2.45, 2.75) is 37.9 Å². The van der Waals surface area contributed by atoms with Crippen LogP contribution in [0.5, 0.6) is 0 Å². The number of aromatic nitrogens is 2. The lowest BCUT2D eigenvalue weighted by molar-refractivity contribution is -0.176. The van der Waals surface area contributed by atoms with Crippen LogP contribution in [0.2, 0.25) is 0 Å². The molecule has 0 saturated carbocycles. The van der Waals surface area contributed by atoms with Gasteiger partial charge in [-0.3, -0.25) is 0 Å². The summed E-state index contributed by atoms with van der Waals surface area (Å²) in [6.07, 6.45) is -2.76. The second kappa shape index (κ2) is 5.45. The van der Waals surface area contributed by atoms with Crippen molar-refractivity contribution in [1.29, 1.82) is 0 Å². The topological polar surface area (TPSA) is 81.1 Å². The third-order valence-electron chi connectivity index (χ3n) is 4.87. The first-order valence-electron chi connectivity index (χ1n) is 7.98. The minimum absolute atomic E-state index is 0.0196. The summed E-state index contributed by atoms with van der Waals surface area (Å²) >= 11 is 1.51. The van der Waals surface area contributed by atoms with Gasteiger partial charge in [-0.2, -0.15) is 18.2 Å². The van der Waals surface area contributed by atoms with Crippen LogP contribution in [0.4, 0.5) is 24.9 Å². The Morgan fingerprint density at radius 3 is 2.67 bits per heavy atom. The van der Waals surface area contributed by atoms with Crippen LogP contribution in [-0.4, -0.2) is 35.3 Å². The zero-order valence-electron chi connectivity index (χ0n) is 12.9. The first-order valence-corrected chi connectivity index (χ1v) is 8.79. The highest BCUT2D eigenvalue weighted by atomic mass is 32.1. The SMILES string of the molecule is Nc1nc(N2CC[C@@H](N)C2)c2sc3c(c2n1)CC(C(F)(F)F)CC3. The van der Waals surface area contributed by atoms with Crippen LogP contribution in [-0.2, 0) is 12.8 Å². The molecule has 2 atom stereocenters. The standard InChI is InChI=1S/C15H18F3N5S/c16-15(17,18)7-1-2-10-9(5-7)11-12(24-10)13(22-14(20)21-11)23-4-3-8(19)6-23/h7-8H,1-6,19H2,(H2,20,21,22)/t7?,8-/m1/s1. The molecule has 3 heterocycles. The van der Waals surface area contributed by atoms with Gasteiger partial charge in [0.2, 0.25) is 5.95 Å². The van der Waals surface area contributed by atoms with Gasteiger partial charge < -0.3 is 16.4 Å². The molecule has 24 heavy (non-hydrogen) atoms. The zero-order valence-corrected chi connectivity index (χ0v) is 13.8. The van der Waals surface area contributed by atoms with E-state index < -0.39 is 12.1 Å². The fourth-order valence-corrected chi connectivity index (χ4v) is 4.91. The molecule has 0 radical (unpaired) electrons. The van der Waals surface area contributed by atoms with Crippen LogP contribution in [0.3, 0.4) is 0 Å². The number of fused-ring (bicyclic) bond motifs is 3. The van der Waals surface area contributed by atoms with E-state index in [2.05, 4.69) is 14.9 Å². The number of hydrogen-bond donors (Lipinski definition) is 2. The highest BCUT2D eigenvalue weighted by Crippen LogP contribution is 2.44. The minimum Gasteiger partial charge on any atom is -0.368 e. The first kappa shape index (κ1) is 15.9. The van der Waals surface area contributed by atoms with Crippen molar-refractivity contribution in [3.05, 3.63) is 10.4 Å². The van der Waals surface area contributed by atoms with Gasteiger partial charge in [-0.15, -0.1) is 11.3 Å². The fraction of sp³-hybridized carbons (Fsp3) is 0.600. The van der Waals surface area contributed by atoms with Gasteiger partial charge in [-0.1, -0.05) is 0 Å². The van der Waals surface area contributed by atoms with Crippen LogP contribution in [0.15, 0.2) is 0 Å². The average molecular weight is 357 g/mol. The Morgan fingerprint density at radius 2 is 2.00 bits per heavy atom. The molecule has 2 aliphatic rings. The molecule has 1 aliphatic heterocycles. The van der Waals surface area contributed by atoms with E-state index in [1.165, 1.54) is 11.3 Å². The molecule has 4 rings (SSSR count). The van der Waals surface area contributed by atoms with E-state index in [0.29, 0.717) is 29.9 Å². The van der Waals surface area contributed by atoms with Crippen molar-refractivity contribution in [2.24, 2.45) is 11.7 Å². The summed E-state index contributed by atoms with van der Waals surface area (Å²) in [6.45, 7) is 1.46. The molecule has 130 valence electrons. The molecule has 0 bridgehead atoms. The number of halogens is 3. The number of alkyl halides is 3. The molecule has 1 saturated heterocycles. The van der Waals surface area contributed by atoms with Crippen molar-refractivity contribution in [1.82, 2.24) is 9.97 Å². The maximum Gasteiger partial charge on any atom is 0.392 e. The summed E-state index contributed by atoms with van der Waals surface area (Å²) in [5.74, 6) is -0.483. The van der Waals surface area contributed by atoms with Crippen molar-refractivity contribution in [2.75, 3.05) is 23.7 Å². The molecule has 0 amide bonds. The van der Waals surface area contributed by atoms with Crippen LogP contribution in [0.1, 0.15) is 23.3 Å². The van der Waals surface area contributed by atoms with Crippen molar-refractivity contribution in [3.8, 4) is 0 Å². The maximum atomic E-state index is 13.1. The third kappa shape index (κ3) is 2.59. The lowest BCUT2D eigenvalue weighted by Crippen LogP contribution is -2.28. The second-order valence-electron chi connectivity index (χ2n) is 6.56. The number of nitrogens with zero attached hydrogens (tertiary/aromatic N) is 3. The predicted octanol–water partition coefficient (Wildman–Crippen LogP) is 2.48. The molecule has 9 heteroatoms. The van der Waals surface area contributed by atoms with Gasteiger partial charge in [0.1, 0.15) is 0 Å². The van der Waals surface area contributed by atoms with Crippen molar-refractivity contribution >= 4 is 33.3 Å². The molecule has 0 aromatic carbocycles. The summed E-state index contributed by atoms with van der Waals surface area (Å²) < 4.78 is 40.2. The quantitative estimate of drug-likeness (QED) is 0.819. The number of thiophene rings is 1. The molecular formula is C15H18F3N5S. The zero-order chi connectivity index (χ0) is 17.1. The van der Waals surface area contributed by atoms with Gasteiger partial charge in [0.15, 0.2) is 5.82 Å². The number of anilines is 2. The molecule has 1 aliphatic carbocycles. The Labute approximate surface area is 140 Å². The summed E-state index contributed by atoms with van der Waals surface area (Å²) in [4.78, 5) is 11.7. The van der Waals surface area contributed by atoms with E-state index in [0.717, 1.165) is 22.5 Å². The monoisotopic (exact) mass is 357 g/mol. The van der Waals surface area contributed by atoms with E-state index in [1.807, 2.05) is 0 Å². The molecule has 2 aromatic heterocycles. The molecule has 5 nitrogen and oxygen atoms in total. The number of hydrogen-bond acceptors (Lipinski definition) is 6. The fourth-order valence-electron chi connectivity index (χ4n) is 3.61. The maximum absolute atomic E-state index is 13.1. The van der Waals surface area contributed by atoms with Gasteiger partial charge >= 0.3 is 6.18 Å². The highest BCUT2D eigenvalue weighted by Gasteiger charge is 2.42. The minimum atomic E-state index is -4.17. The van der Waals surface area contributed by atoms with Crippen LogP contribution >= 0.6 is 11.3 Å². The smallest absolute Gasteiger partial charge is 0.368 e. The Balaban J connectivity index is 1.80. The first-order chi connectivity index (χ1) is 11.3. The highest BCUT2D eigenvalue weighted by molar-refractivity contribution is 7.19. The lowest BCUT2D eigenvalue weighted by atomic mass is 9.87. The van der Waals surface area contributed by atoms with Gasteiger partial charge in [-0.05, 0) is 31.2 Å². The Bertz CT molecular complexity index is 787. The van der Waals surface area contributed by atoms with Crippen LogP contribution in [0, 0.1) is 5.92 Å². The summed E-state index contributed by atoms with van der Waals surface area (Å²) in [6, 6.07) is 0.0837. The predicted molar refractivity (Wildman–Crippen MR) is 88.2 cm³/mol. The van der Waals surface area contributed by atoms with E-state index >= 15 is 0 Å². The molecule has 1 unspecified atom stereocenters. The average Bonchev–Trinajstić information content (AvgIpc) is 3.09. The van der Waals surface area contributed by atoms with Gasteiger partial charge in [0.05, 0.1) is 16.1 Å². The number of rotatable bonds is 1. The summed E-state index contributed by atoms with van der Waals surface area (Å²) in [5.41, 5.74) is 13.1. The van der Waals surface area contributed by atoms with E-state index in [9.17, 15) is 13.2 Å². The second-order valence-corrected chi connectivity index (χ2v) is 7.67. The van der Waals surface area contributed by atoms with Gasteiger partial charge in [0, 0.05) is 24.0 Å². The summed E-state index contributed by atoms with van der Waals surface area (Å²) in [7, 11) is 0. The number of aryl methyl sites for hydroxylation is 1. The van der Waals surface area contributed by atoms with Crippen molar-refractivity contribution < 1.29 is 13.2 Å². The summed E-state index contributed by atoms with van der Waals surface area (Å²) in [5, 5.41) is 0. The van der Waals surface area contributed by atoms with E-state index in [-0.39, 0.29) is 24.8 Å². The molecule has 4 N–H and O–H groups in total. The van der Waals surface area contributed by atoms with Crippen LogP contribution < -0.4 is 16.4 Å². The number of nitrogens with two attached hydrogens (primary N) is 2. The number of nitrogen functional groups attached to an aromatic ring is 1. The van der Waals surface area contributed by atoms with E-state index in [4.69, 9.17) is 11.5 Å². The van der Waals surface area contributed by atoms with E-state index in [1.54, 1.807) is 0 Å². The molecule has 0 spiro atoms. The lowest BCUT2D eigenvalue weighted by Gasteiger charge is -2.24. The van der Waals surface area contributed by atoms with Crippen molar-refractivity contribution in [3.63, 3.8) is 0 Å². The van der Waals surface area contributed by atoms with Gasteiger partial charge in [0.25, 0.3) is 0 Å². The normalized spacial score (nSPS) is 24.6. The molecule has 2 aromatic rings. The Morgan fingerprint density at radius 1 is 1.21 bits per heavy atom.